The number of nitrogen functional groups attached to an aromatic ring is 1. The van der Waals surface area contributed by atoms with E-state index in [1.165, 1.54) is 0 Å². The summed E-state index contributed by atoms with van der Waals surface area (Å²) in [6, 6.07) is 6.95. The molecule has 90 valence electrons. The van der Waals surface area contributed by atoms with Gasteiger partial charge in [0.15, 0.2) is 5.82 Å². The summed E-state index contributed by atoms with van der Waals surface area (Å²) in [6.45, 7) is 0. The van der Waals surface area contributed by atoms with Crippen LogP contribution in [0.2, 0.25) is 0 Å². The second kappa shape index (κ2) is 4.12. The van der Waals surface area contributed by atoms with Gasteiger partial charge >= 0.3 is 5.69 Å². The number of nitrogens with zero attached hydrogens (tertiary/aromatic N) is 1. The topological polar surface area (TPSA) is 105 Å². The smallest absolute Gasteiger partial charge is 0.349 e. The minimum Gasteiger partial charge on any atom is -0.497 e. The van der Waals surface area contributed by atoms with Crippen molar-refractivity contribution in [3.05, 3.63) is 34.7 Å². The molecule has 0 spiro atoms. The van der Waals surface area contributed by atoms with Gasteiger partial charge in [-0.1, -0.05) is 6.07 Å². The first-order valence-electron chi connectivity index (χ1n) is 4.82. The number of ether oxygens (including phenoxy) is 1. The molecule has 2 aromatic rings. The third-order valence-electron chi connectivity index (χ3n) is 2.22. The first kappa shape index (κ1) is 10.9. The number of anilines is 2. The number of imidazole rings is 1. The summed E-state index contributed by atoms with van der Waals surface area (Å²) >= 11 is 0. The van der Waals surface area contributed by atoms with Gasteiger partial charge in [-0.2, -0.15) is 4.68 Å². The number of aromatic amines is 1. The van der Waals surface area contributed by atoms with Crippen LogP contribution < -0.4 is 21.6 Å². The molecule has 7 nitrogen and oxygen atoms in total. The Morgan fingerprint density at radius 3 is 2.88 bits per heavy atom. The number of nitrogens with one attached hydrogen (secondary N) is 2. The average molecular weight is 236 g/mol. The number of H-pyrrole nitrogens is 1. The predicted molar refractivity (Wildman–Crippen MR) is 63.1 cm³/mol. The lowest BCUT2D eigenvalue weighted by Gasteiger charge is -2.08. The maximum Gasteiger partial charge on any atom is 0.349 e. The van der Waals surface area contributed by atoms with Crippen molar-refractivity contribution in [1.82, 2.24) is 9.66 Å². The van der Waals surface area contributed by atoms with Gasteiger partial charge in [0, 0.05) is 6.07 Å². The first-order valence-corrected chi connectivity index (χ1v) is 4.82. The quantitative estimate of drug-likeness (QED) is 0.615. The summed E-state index contributed by atoms with van der Waals surface area (Å²) in [5, 5.41) is 9.23. The van der Waals surface area contributed by atoms with Crippen molar-refractivity contribution < 1.29 is 9.84 Å². The summed E-state index contributed by atoms with van der Waals surface area (Å²) in [4.78, 5) is 13.6. The van der Waals surface area contributed by atoms with Crippen molar-refractivity contribution in [3.8, 4) is 11.6 Å². The van der Waals surface area contributed by atoms with Gasteiger partial charge in [-0.25, -0.2) is 4.79 Å². The molecule has 0 bridgehead atoms. The van der Waals surface area contributed by atoms with Gasteiger partial charge in [-0.05, 0) is 12.1 Å². The van der Waals surface area contributed by atoms with E-state index < -0.39 is 5.69 Å². The van der Waals surface area contributed by atoms with Gasteiger partial charge < -0.3 is 15.6 Å². The molecule has 0 atom stereocenters. The maximum atomic E-state index is 11.4. The van der Waals surface area contributed by atoms with Crippen molar-refractivity contribution in [2.45, 2.75) is 0 Å². The average Bonchev–Trinajstić information content (AvgIpc) is 2.56. The molecule has 2 rings (SSSR count). The number of nitrogens with two attached hydrogens (primary N) is 1. The minimum absolute atomic E-state index is 0.0854. The third kappa shape index (κ3) is 2.03. The molecular formula is C10H12N4O3. The van der Waals surface area contributed by atoms with Gasteiger partial charge in [-0.15, -0.1) is 0 Å². The second-order valence-corrected chi connectivity index (χ2v) is 3.34. The molecule has 7 heteroatoms. The molecule has 0 aliphatic carbocycles. The van der Waals surface area contributed by atoms with Crippen LogP contribution in [0.15, 0.2) is 29.1 Å². The number of aromatic nitrogens is 2. The molecule has 1 heterocycles. The molecule has 1 aromatic carbocycles. The fraction of sp³-hybridized carbons (Fsp3) is 0.100. The van der Waals surface area contributed by atoms with Gasteiger partial charge in [0.2, 0.25) is 5.88 Å². The molecule has 0 radical (unpaired) electrons. The summed E-state index contributed by atoms with van der Waals surface area (Å²) < 4.78 is 6.05. The van der Waals surface area contributed by atoms with Crippen molar-refractivity contribution in [2.24, 2.45) is 0 Å². The van der Waals surface area contributed by atoms with Crippen LogP contribution in [0.1, 0.15) is 0 Å². The fourth-order valence-electron chi connectivity index (χ4n) is 1.37. The third-order valence-corrected chi connectivity index (χ3v) is 2.22. The van der Waals surface area contributed by atoms with Gasteiger partial charge in [0.1, 0.15) is 5.75 Å². The number of hydrogen-bond donors (Lipinski definition) is 4. The van der Waals surface area contributed by atoms with Crippen LogP contribution in [-0.4, -0.2) is 21.9 Å². The molecule has 0 saturated carbocycles. The zero-order chi connectivity index (χ0) is 12.4. The van der Waals surface area contributed by atoms with E-state index in [0.717, 1.165) is 4.68 Å². The van der Waals surface area contributed by atoms with Crippen LogP contribution in [-0.2, 0) is 0 Å². The molecule has 1 aromatic heterocycles. The molecule has 17 heavy (non-hydrogen) atoms. The highest BCUT2D eigenvalue weighted by Crippen LogP contribution is 2.18. The molecular weight excluding hydrogens is 224 g/mol. The van der Waals surface area contributed by atoms with Crippen molar-refractivity contribution in [3.63, 3.8) is 0 Å². The Labute approximate surface area is 96.4 Å². The monoisotopic (exact) mass is 236 g/mol. The lowest BCUT2D eigenvalue weighted by molar-refractivity contribution is 0.415. The highest BCUT2D eigenvalue weighted by Gasteiger charge is 2.09. The van der Waals surface area contributed by atoms with E-state index in [1.807, 2.05) is 0 Å². The summed E-state index contributed by atoms with van der Waals surface area (Å²) in [5.74, 6) is 0.185. The molecule has 0 saturated heterocycles. The minimum atomic E-state index is -0.553. The first-order chi connectivity index (χ1) is 8.11. The van der Waals surface area contributed by atoms with E-state index in [-0.39, 0.29) is 11.7 Å². The summed E-state index contributed by atoms with van der Waals surface area (Å²) in [7, 11) is 1.54. The SMILES string of the molecule is COc1cccc(Nn2c(N)c(O)[nH]c2=O)c1. The number of methoxy groups -OCH3 is 1. The molecule has 0 aliphatic heterocycles. The standard InChI is InChI=1S/C10H12N4O3/c1-17-7-4-2-3-6(5-7)13-14-8(11)9(15)12-10(14)16/h2-5,13,15H,11H2,1H3,(H,12,16). The van der Waals surface area contributed by atoms with Crippen LogP contribution in [0.25, 0.3) is 0 Å². The van der Waals surface area contributed by atoms with Crippen LogP contribution in [0.3, 0.4) is 0 Å². The van der Waals surface area contributed by atoms with Crippen molar-refractivity contribution in [2.75, 3.05) is 18.3 Å². The Balaban J connectivity index is 2.34. The highest BCUT2D eigenvalue weighted by molar-refractivity contribution is 5.51. The zero-order valence-electron chi connectivity index (χ0n) is 9.10. The predicted octanol–water partition coefficient (Wildman–Crippen LogP) is 0.348. The lowest BCUT2D eigenvalue weighted by Crippen LogP contribution is -2.25. The van der Waals surface area contributed by atoms with Crippen LogP contribution >= 0.6 is 0 Å². The van der Waals surface area contributed by atoms with Gasteiger partial charge in [0.25, 0.3) is 0 Å². The Morgan fingerprint density at radius 2 is 2.29 bits per heavy atom. The maximum absolute atomic E-state index is 11.4. The van der Waals surface area contributed by atoms with Crippen LogP contribution in [0, 0.1) is 0 Å². The van der Waals surface area contributed by atoms with E-state index in [0.29, 0.717) is 11.4 Å². The van der Waals surface area contributed by atoms with Crippen molar-refractivity contribution >= 4 is 11.5 Å². The fourth-order valence-corrected chi connectivity index (χ4v) is 1.37. The van der Waals surface area contributed by atoms with Crippen LogP contribution in [0.4, 0.5) is 11.5 Å². The second-order valence-electron chi connectivity index (χ2n) is 3.34. The molecule has 5 N–H and O–H groups in total. The van der Waals surface area contributed by atoms with E-state index in [4.69, 9.17) is 10.5 Å². The highest BCUT2D eigenvalue weighted by atomic mass is 16.5. The molecule has 0 fully saturated rings. The molecule has 0 aliphatic rings. The normalized spacial score (nSPS) is 10.2. The largest absolute Gasteiger partial charge is 0.497 e. The Kier molecular flexibility index (Phi) is 2.65. The zero-order valence-corrected chi connectivity index (χ0v) is 9.10. The van der Waals surface area contributed by atoms with E-state index >= 15 is 0 Å². The summed E-state index contributed by atoms with van der Waals surface area (Å²) in [5.41, 5.74) is 8.31. The van der Waals surface area contributed by atoms with Crippen LogP contribution in [0.5, 0.6) is 11.6 Å². The van der Waals surface area contributed by atoms with Gasteiger partial charge in [0.05, 0.1) is 12.8 Å². The van der Waals surface area contributed by atoms with Crippen molar-refractivity contribution in [1.29, 1.82) is 0 Å². The number of hydrogen-bond acceptors (Lipinski definition) is 5. The van der Waals surface area contributed by atoms with E-state index in [9.17, 15) is 9.90 Å². The Morgan fingerprint density at radius 1 is 1.53 bits per heavy atom. The molecule has 0 unspecified atom stereocenters. The number of benzene rings is 1. The number of aromatic hydroxyl groups is 1. The lowest BCUT2D eigenvalue weighted by atomic mass is 10.3. The number of rotatable bonds is 3. The molecule has 0 amide bonds. The van der Waals surface area contributed by atoms with E-state index in [1.54, 1.807) is 31.4 Å². The van der Waals surface area contributed by atoms with E-state index in [2.05, 4.69) is 10.4 Å². The van der Waals surface area contributed by atoms with Gasteiger partial charge in [-0.3, -0.25) is 10.4 Å². The Hall–Kier alpha value is -2.57. The summed E-state index contributed by atoms with van der Waals surface area (Å²) in [6.07, 6.45) is 0. The Bertz CT molecular complexity index is 587.